The predicted molar refractivity (Wildman–Crippen MR) is 69.8 cm³/mol. The van der Waals surface area contributed by atoms with Gasteiger partial charge >= 0.3 is 5.97 Å². The lowest BCUT2D eigenvalue weighted by Gasteiger charge is -2.12. The molecule has 0 unspecified atom stereocenters. The second-order valence-electron chi connectivity index (χ2n) is 3.77. The van der Waals surface area contributed by atoms with Crippen molar-refractivity contribution in [2.45, 2.75) is 0 Å². The van der Waals surface area contributed by atoms with Gasteiger partial charge in [-0.15, -0.1) is 0 Å². The topological polar surface area (TPSA) is 72.5 Å². The van der Waals surface area contributed by atoms with Crippen LogP contribution in [0.1, 0.15) is 10.4 Å². The molecule has 0 fully saturated rings. The third-order valence-electron chi connectivity index (χ3n) is 2.73. The molecule has 3 N–H and O–H groups in total. The van der Waals surface area contributed by atoms with E-state index in [0.29, 0.717) is 11.3 Å². The SMILES string of the molecule is COc1ccccc1-c1cccc(C(=O)O)c1N. The molecule has 18 heavy (non-hydrogen) atoms. The molecule has 2 aromatic carbocycles. The number of carboxylic acid groups (broad SMARTS) is 1. The molecule has 4 heteroatoms. The number of anilines is 1. The van der Waals surface area contributed by atoms with Crippen LogP contribution in [0.25, 0.3) is 11.1 Å². The maximum absolute atomic E-state index is 11.0. The molecule has 0 radical (unpaired) electrons. The minimum atomic E-state index is -1.04. The van der Waals surface area contributed by atoms with E-state index in [0.717, 1.165) is 5.56 Å². The van der Waals surface area contributed by atoms with Gasteiger partial charge in [-0.25, -0.2) is 4.79 Å². The Labute approximate surface area is 105 Å². The molecule has 0 saturated carbocycles. The van der Waals surface area contributed by atoms with Crippen LogP contribution < -0.4 is 10.5 Å². The maximum Gasteiger partial charge on any atom is 0.337 e. The van der Waals surface area contributed by atoms with Gasteiger partial charge in [-0.1, -0.05) is 30.3 Å². The molecular formula is C14H13NO3. The molecule has 2 aromatic rings. The quantitative estimate of drug-likeness (QED) is 0.813. The van der Waals surface area contributed by atoms with Gasteiger partial charge in [-0.2, -0.15) is 0 Å². The number of nitrogens with two attached hydrogens (primary N) is 1. The third kappa shape index (κ3) is 2.00. The fourth-order valence-electron chi connectivity index (χ4n) is 1.85. The summed E-state index contributed by atoms with van der Waals surface area (Å²) in [6.45, 7) is 0. The number of hydrogen-bond donors (Lipinski definition) is 2. The molecule has 4 nitrogen and oxygen atoms in total. The lowest BCUT2D eigenvalue weighted by molar-refractivity contribution is 0.0698. The molecule has 2 rings (SSSR count). The van der Waals surface area contributed by atoms with Gasteiger partial charge in [0.2, 0.25) is 0 Å². The molecule has 0 spiro atoms. The summed E-state index contributed by atoms with van der Waals surface area (Å²) in [4.78, 5) is 11.0. The van der Waals surface area contributed by atoms with Gasteiger partial charge in [0.25, 0.3) is 0 Å². The van der Waals surface area contributed by atoms with Crippen LogP contribution in [0.2, 0.25) is 0 Å². The number of methoxy groups -OCH3 is 1. The zero-order chi connectivity index (χ0) is 13.1. The summed E-state index contributed by atoms with van der Waals surface area (Å²) in [6.07, 6.45) is 0. The fraction of sp³-hybridized carbons (Fsp3) is 0.0714. The average molecular weight is 243 g/mol. The zero-order valence-corrected chi connectivity index (χ0v) is 9.88. The van der Waals surface area contributed by atoms with E-state index in [1.54, 1.807) is 19.2 Å². The van der Waals surface area contributed by atoms with E-state index in [2.05, 4.69) is 0 Å². The van der Waals surface area contributed by atoms with Crippen molar-refractivity contribution < 1.29 is 14.6 Å². The minimum Gasteiger partial charge on any atom is -0.496 e. The Bertz CT molecular complexity index is 593. The number of hydrogen-bond acceptors (Lipinski definition) is 3. The number of carbonyl (C=O) groups is 1. The predicted octanol–water partition coefficient (Wildman–Crippen LogP) is 2.64. The van der Waals surface area contributed by atoms with E-state index in [1.807, 2.05) is 24.3 Å². The van der Waals surface area contributed by atoms with Crippen molar-refractivity contribution in [3.63, 3.8) is 0 Å². The minimum absolute atomic E-state index is 0.0957. The standard InChI is InChI=1S/C14H13NO3/c1-18-12-8-3-2-5-9(12)10-6-4-7-11(13(10)15)14(16)17/h2-8H,15H2,1H3,(H,16,17). The smallest absolute Gasteiger partial charge is 0.337 e. The van der Waals surface area contributed by atoms with Gasteiger partial charge in [0.15, 0.2) is 0 Å². The number of nitrogen functional groups attached to an aromatic ring is 1. The van der Waals surface area contributed by atoms with Gasteiger partial charge in [-0.3, -0.25) is 0 Å². The van der Waals surface area contributed by atoms with E-state index in [9.17, 15) is 4.79 Å². The highest BCUT2D eigenvalue weighted by Crippen LogP contribution is 2.34. The van der Waals surface area contributed by atoms with Crippen molar-refractivity contribution in [2.24, 2.45) is 0 Å². The first-order valence-corrected chi connectivity index (χ1v) is 5.40. The van der Waals surface area contributed by atoms with Gasteiger partial charge < -0.3 is 15.6 Å². The molecule has 0 heterocycles. The van der Waals surface area contributed by atoms with Crippen LogP contribution in [-0.2, 0) is 0 Å². The highest BCUT2D eigenvalue weighted by molar-refractivity contribution is 5.98. The second kappa shape index (κ2) is 4.79. The molecule has 0 amide bonds. The summed E-state index contributed by atoms with van der Waals surface area (Å²) in [5.41, 5.74) is 7.68. The summed E-state index contributed by atoms with van der Waals surface area (Å²) in [7, 11) is 1.57. The largest absolute Gasteiger partial charge is 0.496 e. The molecule has 0 atom stereocenters. The van der Waals surface area contributed by atoms with Crippen LogP contribution in [0.15, 0.2) is 42.5 Å². The Balaban J connectivity index is 2.64. The number of benzene rings is 2. The number of rotatable bonds is 3. The van der Waals surface area contributed by atoms with E-state index < -0.39 is 5.97 Å². The molecule has 0 aliphatic rings. The molecular weight excluding hydrogens is 230 g/mol. The highest BCUT2D eigenvalue weighted by Gasteiger charge is 2.14. The first kappa shape index (κ1) is 12.0. The van der Waals surface area contributed by atoms with Gasteiger partial charge in [0, 0.05) is 11.1 Å². The Hall–Kier alpha value is -2.49. The zero-order valence-electron chi connectivity index (χ0n) is 9.88. The summed E-state index contributed by atoms with van der Waals surface area (Å²) in [5.74, 6) is -0.379. The average Bonchev–Trinajstić information content (AvgIpc) is 2.38. The highest BCUT2D eigenvalue weighted by atomic mass is 16.5. The van der Waals surface area contributed by atoms with E-state index in [-0.39, 0.29) is 11.3 Å². The number of aromatic carboxylic acids is 1. The lowest BCUT2D eigenvalue weighted by atomic mass is 9.99. The molecule has 0 aliphatic carbocycles. The van der Waals surface area contributed by atoms with E-state index in [1.165, 1.54) is 6.07 Å². The monoisotopic (exact) mass is 243 g/mol. The van der Waals surface area contributed by atoms with Crippen LogP contribution >= 0.6 is 0 Å². The molecule has 0 saturated heterocycles. The number of para-hydroxylation sites is 2. The maximum atomic E-state index is 11.0. The van der Waals surface area contributed by atoms with Gasteiger partial charge in [0.1, 0.15) is 5.75 Å². The van der Waals surface area contributed by atoms with Crippen molar-refractivity contribution in [1.82, 2.24) is 0 Å². The van der Waals surface area contributed by atoms with E-state index >= 15 is 0 Å². The summed E-state index contributed by atoms with van der Waals surface area (Å²) in [5, 5.41) is 9.05. The van der Waals surface area contributed by atoms with Gasteiger partial charge in [0.05, 0.1) is 18.4 Å². The molecule has 0 bridgehead atoms. The van der Waals surface area contributed by atoms with Crippen LogP contribution in [0.5, 0.6) is 5.75 Å². The first-order valence-electron chi connectivity index (χ1n) is 5.40. The van der Waals surface area contributed by atoms with Crippen LogP contribution in [-0.4, -0.2) is 18.2 Å². The first-order chi connectivity index (χ1) is 8.65. The molecule has 0 aromatic heterocycles. The fourth-order valence-corrected chi connectivity index (χ4v) is 1.85. The van der Waals surface area contributed by atoms with Gasteiger partial charge in [-0.05, 0) is 12.1 Å². The Morgan fingerprint density at radius 2 is 1.78 bits per heavy atom. The van der Waals surface area contributed by atoms with Crippen molar-refractivity contribution in [3.05, 3.63) is 48.0 Å². The summed E-state index contributed by atoms with van der Waals surface area (Å²) >= 11 is 0. The Morgan fingerprint density at radius 1 is 1.11 bits per heavy atom. The lowest BCUT2D eigenvalue weighted by Crippen LogP contribution is -2.04. The van der Waals surface area contributed by atoms with Crippen LogP contribution in [0.4, 0.5) is 5.69 Å². The third-order valence-corrected chi connectivity index (χ3v) is 2.73. The molecule has 92 valence electrons. The van der Waals surface area contributed by atoms with Crippen LogP contribution in [0, 0.1) is 0 Å². The van der Waals surface area contributed by atoms with Crippen molar-refractivity contribution in [2.75, 3.05) is 12.8 Å². The normalized spacial score (nSPS) is 10.1. The van der Waals surface area contributed by atoms with Crippen molar-refractivity contribution in [1.29, 1.82) is 0 Å². The Kier molecular flexibility index (Phi) is 3.19. The number of carboxylic acids is 1. The number of ether oxygens (including phenoxy) is 1. The van der Waals surface area contributed by atoms with Crippen LogP contribution in [0.3, 0.4) is 0 Å². The summed E-state index contributed by atoms with van der Waals surface area (Å²) < 4.78 is 5.25. The molecule has 0 aliphatic heterocycles. The van der Waals surface area contributed by atoms with E-state index in [4.69, 9.17) is 15.6 Å². The van der Waals surface area contributed by atoms with Crippen molar-refractivity contribution in [3.8, 4) is 16.9 Å². The summed E-state index contributed by atoms with van der Waals surface area (Å²) in [6, 6.07) is 12.3. The second-order valence-corrected chi connectivity index (χ2v) is 3.77. The van der Waals surface area contributed by atoms with Crippen molar-refractivity contribution >= 4 is 11.7 Å². The Morgan fingerprint density at radius 3 is 2.44 bits per heavy atom.